The summed E-state index contributed by atoms with van der Waals surface area (Å²) in [6, 6.07) is 15.1. The van der Waals surface area contributed by atoms with Gasteiger partial charge in [-0.3, -0.25) is 0 Å². The predicted octanol–water partition coefficient (Wildman–Crippen LogP) is 3.09. The third kappa shape index (κ3) is 2.42. The normalized spacial score (nSPS) is 11.9. The van der Waals surface area contributed by atoms with Gasteiger partial charge in [-0.05, 0) is 23.8 Å². The van der Waals surface area contributed by atoms with Gasteiger partial charge in [-0.2, -0.15) is 0 Å². The standard InChI is InChI=1S/C17H18N2O2S/c1-2-22(20,21)13-8-9-15-14(10-13)17(16(11-18)19-15)12-6-4-3-5-7-12/h3-10,19H,2,11,18H2,1H3. The molecule has 114 valence electrons. The van der Waals surface area contributed by atoms with Crippen molar-refractivity contribution < 1.29 is 8.42 Å². The molecule has 0 unspecified atom stereocenters. The molecular formula is C17H18N2O2S. The molecule has 1 aromatic heterocycles. The van der Waals surface area contributed by atoms with Gasteiger partial charge in [-0.1, -0.05) is 37.3 Å². The number of benzene rings is 2. The number of aromatic nitrogens is 1. The molecule has 0 spiro atoms. The van der Waals surface area contributed by atoms with Gasteiger partial charge >= 0.3 is 0 Å². The van der Waals surface area contributed by atoms with Crippen molar-refractivity contribution in [3.63, 3.8) is 0 Å². The number of nitrogens with two attached hydrogens (primary N) is 1. The molecule has 3 aromatic rings. The molecule has 4 nitrogen and oxygen atoms in total. The van der Waals surface area contributed by atoms with Crippen molar-refractivity contribution in [2.24, 2.45) is 5.73 Å². The molecule has 2 aromatic carbocycles. The van der Waals surface area contributed by atoms with Crippen LogP contribution in [-0.4, -0.2) is 19.2 Å². The van der Waals surface area contributed by atoms with Gasteiger partial charge in [0.15, 0.2) is 9.84 Å². The minimum Gasteiger partial charge on any atom is -0.357 e. The van der Waals surface area contributed by atoms with Gasteiger partial charge < -0.3 is 10.7 Å². The van der Waals surface area contributed by atoms with E-state index in [0.29, 0.717) is 11.4 Å². The Kier molecular flexibility index (Phi) is 3.76. The summed E-state index contributed by atoms with van der Waals surface area (Å²) < 4.78 is 24.3. The fraction of sp³-hybridized carbons (Fsp3) is 0.176. The Morgan fingerprint density at radius 1 is 1.09 bits per heavy atom. The van der Waals surface area contributed by atoms with Crippen LogP contribution in [0.5, 0.6) is 0 Å². The first-order valence-electron chi connectivity index (χ1n) is 7.19. The summed E-state index contributed by atoms with van der Waals surface area (Å²) >= 11 is 0. The molecule has 0 aliphatic carbocycles. The van der Waals surface area contributed by atoms with E-state index in [4.69, 9.17) is 5.73 Å². The molecule has 0 bridgehead atoms. The van der Waals surface area contributed by atoms with Crippen molar-refractivity contribution >= 4 is 20.7 Å². The zero-order valence-electron chi connectivity index (χ0n) is 12.3. The number of aromatic amines is 1. The molecule has 0 aliphatic rings. The maximum Gasteiger partial charge on any atom is 0.178 e. The first kappa shape index (κ1) is 14.8. The van der Waals surface area contributed by atoms with Gasteiger partial charge in [-0.15, -0.1) is 0 Å². The quantitative estimate of drug-likeness (QED) is 0.777. The molecule has 0 aliphatic heterocycles. The third-order valence-electron chi connectivity index (χ3n) is 3.85. The Labute approximate surface area is 129 Å². The van der Waals surface area contributed by atoms with E-state index in [-0.39, 0.29) is 5.75 Å². The smallest absolute Gasteiger partial charge is 0.178 e. The second kappa shape index (κ2) is 5.59. The van der Waals surface area contributed by atoms with Gasteiger partial charge in [-0.25, -0.2) is 8.42 Å². The number of fused-ring (bicyclic) bond motifs is 1. The van der Waals surface area contributed by atoms with Crippen LogP contribution in [0.15, 0.2) is 53.4 Å². The van der Waals surface area contributed by atoms with E-state index >= 15 is 0 Å². The highest BCUT2D eigenvalue weighted by Gasteiger charge is 2.17. The Morgan fingerprint density at radius 3 is 2.45 bits per heavy atom. The maximum atomic E-state index is 12.1. The van der Waals surface area contributed by atoms with E-state index in [1.807, 2.05) is 36.4 Å². The number of rotatable bonds is 4. The van der Waals surface area contributed by atoms with E-state index in [9.17, 15) is 8.42 Å². The van der Waals surface area contributed by atoms with E-state index in [1.165, 1.54) is 0 Å². The first-order valence-corrected chi connectivity index (χ1v) is 8.85. The van der Waals surface area contributed by atoms with Crippen molar-refractivity contribution in [3.05, 3.63) is 54.2 Å². The van der Waals surface area contributed by atoms with Crippen molar-refractivity contribution in [2.45, 2.75) is 18.4 Å². The molecule has 0 radical (unpaired) electrons. The summed E-state index contributed by atoms with van der Waals surface area (Å²) in [5.74, 6) is 0.0906. The van der Waals surface area contributed by atoms with Gasteiger partial charge in [0.25, 0.3) is 0 Å². The highest BCUT2D eigenvalue weighted by Crippen LogP contribution is 2.33. The van der Waals surface area contributed by atoms with Crippen LogP contribution in [0.1, 0.15) is 12.6 Å². The van der Waals surface area contributed by atoms with Gasteiger partial charge in [0.05, 0.1) is 10.6 Å². The largest absolute Gasteiger partial charge is 0.357 e. The molecule has 0 saturated carbocycles. The lowest BCUT2D eigenvalue weighted by atomic mass is 10.0. The number of sulfone groups is 1. The summed E-state index contributed by atoms with van der Waals surface area (Å²) in [5.41, 5.74) is 9.67. The number of nitrogens with one attached hydrogen (secondary N) is 1. The summed E-state index contributed by atoms with van der Waals surface area (Å²) in [7, 11) is -3.23. The Balaban J connectivity index is 2.32. The molecule has 0 amide bonds. The lowest BCUT2D eigenvalue weighted by Crippen LogP contribution is -2.03. The second-order valence-corrected chi connectivity index (χ2v) is 7.44. The molecule has 5 heteroatoms. The van der Waals surface area contributed by atoms with E-state index in [2.05, 4.69) is 4.98 Å². The average Bonchev–Trinajstić information content (AvgIpc) is 2.93. The number of H-pyrrole nitrogens is 1. The van der Waals surface area contributed by atoms with E-state index in [1.54, 1.807) is 19.1 Å². The lowest BCUT2D eigenvalue weighted by molar-refractivity contribution is 0.597. The predicted molar refractivity (Wildman–Crippen MR) is 89.4 cm³/mol. The van der Waals surface area contributed by atoms with Crippen LogP contribution in [0, 0.1) is 0 Å². The Hall–Kier alpha value is -2.11. The van der Waals surface area contributed by atoms with Crippen molar-refractivity contribution in [2.75, 3.05) is 5.75 Å². The summed E-state index contributed by atoms with van der Waals surface area (Å²) in [5, 5.41) is 0.890. The van der Waals surface area contributed by atoms with Crippen LogP contribution in [-0.2, 0) is 16.4 Å². The van der Waals surface area contributed by atoms with E-state index < -0.39 is 9.84 Å². The van der Waals surface area contributed by atoms with Gasteiger partial charge in [0.1, 0.15) is 0 Å². The van der Waals surface area contributed by atoms with Crippen LogP contribution in [0.2, 0.25) is 0 Å². The van der Waals surface area contributed by atoms with Crippen molar-refractivity contribution in [3.8, 4) is 11.1 Å². The van der Waals surface area contributed by atoms with Crippen LogP contribution < -0.4 is 5.73 Å². The molecular weight excluding hydrogens is 296 g/mol. The number of hydrogen-bond donors (Lipinski definition) is 2. The molecule has 3 rings (SSSR count). The Morgan fingerprint density at radius 2 is 1.82 bits per heavy atom. The molecule has 0 atom stereocenters. The fourth-order valence-electron chi connectivity index (χ4n) is 2.67. The summed E-state index contributed by atoms with van der Waals surface area (Å²) in [6.45, 7) is 2.02. The third-order valence-corrected chi connectivity index (χ3v) is 5.59. The zero-order valence-corrected chi connectivity index (χ0v) is 13.2. The minimum atomic E-state index is -3.23. The van der Waals surface area contributed by atoms with Crippen LogP contribution in [0.25, 0.3) is 22.0 Å². The molecule has 22 heavy (non-hydrogen) atoms. The summed E-state index contributed by atoms with van der Waals surface area (Å²) in [4.78, 5) is 3.64. The SMILES string of the molecule is CCS(=O)(=O)c1ccc2[nH]c(CN)c(-c3ccccc3)c2c1. The first-order chi connectivity index (χ1) is 10.6. The topological polar surface area (TPSA) is 76.0 Å². The van der Waals surface area contributed by atoms with Crippen molar-refractivity contribution in [1.29, 1.82) is 0 Å². The lowest BCUT2D eigenvalue weighted by Gasteiger charge is -2.05. The van der Waals surface area contributed by atoms with Gasteiger partial charge in [0.2, 0.25) is 0 Å². The van der Waals surface area contributed by atoms with Crippen LogP contribution in [0.3, 0.4) is 0 Å². The number of hydrogen-bond acceptors (Lipinski definition) is 3. The highest BCUT2D eigenvalue weighted by molar-refractivity contribution is 7.91. The fourth-order valence-corrected chi connectivity index (χ4v) is 3.58. The molecule has 0 saturated heterocycles. The Bertz CT molecular complexity index is 912. The molecule has 3 N–H and O–H groups in total. The zero-order chi connectivity index (χ0) is 15.7. The summed E-state index contributed by atoms with van der Waals surface area (Å²) in [6.07, 6.45) is 0. The second-order valence-electron chi connectivity index (χ2n) is 5.16. The maximum absolute atomic E-state index is 12.1. The van der Waals surface area contributed by atoms with Crippen LogP contribution >= 0.6 is 0 Å². The van der Waals surface area contributed by atoms with E-state index in [0.717, 1.165) is 27.7 Å². The molecule has 1 heterocycles. The highest BCUT2D eigenvalue weighted by atomic mass is 32.2. The average molecular weight is 314 g/mol. The van der Waals surface area contributed by atoms with Crippen LogP contribution in [0.4, 0.5) is 0 Å². The van der Waals surface area contributed by atoms with Gasteiger partial charge in [0, 0.05) is 28.7 Å². The molecule has 0 fully saturated rings. The monoisotopic (exact) mass is 314 g/mol. The van der Waals surface area contributed by atoms with Crippen molar-refractivity contribution in [1.82, 2.24) is 4.98 Å². The minimum absolute atomic E-state index is 0.0906.